The maximum absolute atomic E-state index is 13.4. The topological polar surface area (TPSA) is 84.9 Å². The number of para-hydroxylation sites is 1. The summed E-state index contributed by atoms with van der Waals surface area (Å²) in [5.41, 5.74) is 3.04. The van der Waals surface area contributed by atoms with Crippen LogP contribution in [-0.4, -0.2) is 34.1 Å². The van der Waals surface area contributed by atoms with E-state index in [1.54, 1.807) is 43.3 Å². The van der Waals surface area contributed by atoms with Gasteiger partial charge in [-0.15, -0.1) is 0 Å². The summed E-state index contributed by atoms with van der Waals surface area (Å²) in [7, 11) is -3.71. The van der Waals surface area contributed by atoms with Crippen molar-refractivity contribution in [3.8, 4) is 11.5 Å². The Morgan fingerprint density at radius 3 is 2.53 bits per heavy atom. The third-order valence-corrected chi connectivity index (χ3v) is 7.42. The van der Waals surface area contributed by atoms with Crippen molar-refractivity contribution in [2.75, 3.05) is 29.4 Å². The monoisotopic (exact) mass is 480 g/mol. The first-order valence-corrected chi connectivity index (χ1v) is 12.7. The molecule has 0 radical (unpaired) electrons. The average molecular weight is 481 g/mol. The summed E-state index contributed by atoms with van der Waals surface area (Å²) in [5.74, 6) is 0.875. The fourth-order valence-corrected chi connectivity index (χ4v) is 5.59. The molecule has 0 bridgehead atoms. The van der Waals surface area contributed by atoms with E-state index in [0.29, 0.717) is 30.2 Å². The zero-order valence-corrected chi connectivity index (χ0v) is 20.1. The van der Waals surface area contributed by atoms with Crippen molar-refractivity contribution in [2.45, 2.75) is 31.6 Å². The minimum atomic E-state index is -3.71. The van der Waals surface area contributed by atoms with Crippen LogP contribution >= 0.6 is 0 Å². The summed E-state index contributed by atoms with van der Waals surface area (Å²) < 4.78 is 39.2. The van der Waals surface area contributed by atoms with Crippen molar-refractivity contribution < 1.29 is 22.7 Å². The highest BCUT2D eigenvalue weighted by atomic mass is 32.2. The molecule has 0 aliphatic carbocycles. The first-order valence-electron chi connectivity index (χ1n) is 11.3. The molecule has 4 rings (SSSR count). The second-order valence-corrected chi connectivity index (χ2v) is 9.89. The Hall–Kier alpha value is -3.52. The number of carbonyl (C=O) groups is 1. The summed E-state index contributed by atoms with van der Waals surface area (Å²) in [5, 5.41) is 2.77. The van der Waals surface area contributed by atoms with Crippen molar-refractivity contribution in [2.24, 2.45) is 0 Å². The number of hydrogen-bond donors (Lipinski definition) is 1. The number of nitrogens with zero attached hydrogens (tertiary/aromatic N) is 1. The van der Waals surface area contributed by atoms with Gasteiger partial charge in [0.1, 0.15) is 11.5 Å². The predicted molar refractivity (Wildman–Crippen MR) is 132 cm³/mol. The Morgan fingerprint density at radius 1 is 1.03 bits per heavy atom. The zero-order valence-electron chi connectivity index (χ0n) is 19.3. The summed E-state index contributed by atoms with van der Waals surface area (Å²) in [6.07, 6.45) is 1.65. The molecule has 8 heteroatoms. The van der Waals surface area contributed by atoms with E-state index in [1.165, 1.54) is 10.4 Å². The van der Waals surface area contributed by atoms with E-state index in [4.69, 9.17) is 9.47 Å². The van der Waals surface area contributed by atoms with E-state index < -0.39 is 10.0 Å². The van der Waals surface area contributed by atoms with Crippen LogP contribution in [0, 0.1) is 6.92 Å². The molecule has 0 saturated carbocycles. The van der Waals surface area contributed by atoms with Crippen molar-refractivity contribution in [3.63, 3.8) is 0 Å². The van der Waals surface area contributed by atoms with Gasteiger partial charge in [0.15, 0.2) is 6.61 Å². The van der Waals surface area contributed by atoms with Gasteiger partial charge in [0.25, 0.3) is 15.9 Å². The Bertz CT molecular complexity index is 1270. The number of ether oxygens (including phenoxy) is 2. The van der Waals surface area contributed by atoms with Gasteiger partial charge in [-0.25, -0.2) is 8.42 Å². The maximum atomic E-state index is 13.4. The summed E-state index contributed by atoms with van der Waals surface area (Å²) in [6.45, 7) is 4.50. The highest BCUT2D eigenvalue weighted by Gasteiger charge is 2.29. The highest BCUT2D eigenvalue weighted by Crippen LogP contribution is 2.33. The van der Waals surface area contributed by atoms with Gasteiger partial charge in [-0.2, -0.15) is 0 Å². The summed E-state index contributed by atoms with van der Waals surface area (Å²) in [6, 6.07) is 19.4. The first kappa shape index (κ1) is 23.6. The number of sulfonamides is 1. The molecule has 1 amide bonds. The van der Waals surface area contributed by atoms with Crippen molar-refractivity contribution >= 4 is 27.3 Å². The van der Waals surface area contributed by atoms with Crippen LogP contribution in [0.25, 0.3) is 0 Å². The van der Waals surface area contributed by atoms with Crippen LogP contribution in [0.4, 0.5) is 11.4 Å². The van der Waals surface area contributed by atoms with Gasteiger partial charge in [-0.05, 0) is 86.3 Å². The van der Waals surface area contributed by atoms with E-state index in [1.807, 2.05) is 31.2 Å². The maximum Gasteiger partial charge on any atom is 0.264 e. The zero-order chi connectivity index (χ0) is 24.1. The second kappa shape index (κ2) is 10.2. The van der Waals surface area contributed by atoms with Crippen LogP contribution < -0.4 is 19.1 Å². The van der Waals surface area contributed by atoms with Crippen LogP contribution in [0.1, 0.15) is 24.5 Å². The van der Waals surface area contributed by atoms with E-state index in [0.717, 1.165) is 29.8 Å². The molecule has 3 aromatic rings. The molecule has 178 valence electrons. The van der Waals surface area contributed by atoms with Gasteiger partial charge >= 0.3 is 0 Å². The second-order valence-electron chi connectivity index (χ2n) is 8.03. The normalized spacial score (nSPS) is 13.2. The van der Waals surface area contributed by atoms with E-state index in [9.17, 15) is 13.2 Å². The van der Waals surface area contributed by atoms with E-state index in [-0.39, 0.29) is 17.4 Å². The van der Waals surface area contributed by atoms with Crippen molar-refractivity contribution in [1.82, 2.24) is 0 Å². The quantitative estimate of drug-likeness (QED) is 0.511. The molecule has 1 aliphatic rings. The third kappa shape index (κ3) is 5.17. The highest BCUT2D eigenvalue weighted by molar-refractivity contribution is 7.92. The van der Waals surface area contributed by atoms with Gasteiger partial charge in [0.05, 0.1) is 17.2 Å². The SMILES string of the molecule is CCOc1ccc(NC(=O)COc2ccc(S(=O)(=O)N3CCCc4ccccc43)cc2C)cc1. The van der Waals surface area contributed by atoms with Gasteiger partial charge in [-0.3, -0.25) is 9.10 Å². The van der Waals surface area contributed by atoms with Gasteiger partial charge in [0, 0.05) is 12.2 Å². The standard InChI is InChI=1S/C26H28N2O5S/c1-3-32-22-12-10-21(11-13-22)27-26(29)18-33-25-15-14-23(17-19(25)2)34(30,31)28-16-6-8-20-7-4-5-9-24(20)28/h4-5,7,9-15,17H,3,6,8,16,18H2,1-2H3,(H,27,29). The molecular formula is C26H28N2O5S. The molecule has 0 saturated heterocycles. The van der Waals surface area contributed by atoms with Gasteiger partial charge in [0.2, 0.25) is 0 Å². The molecular weight excluding hydrogens is 452 g/mol. The lowest BCUT2D eigenvalue weighted by Crippen LogP contribution is -2.35. The molecule has 1 heterocycles. The van der Waals surface area contributed by atoms with Crippen molar-refractivity contribution in [3.05, 3.63) is 77.9 Å². The third-order valence-electron chi connectivity index (χ3n) is 5.61. The molecule has 0 atom stereocenters. The molecule has 3 aromatic carbocycles. The number of nitrogens with one attached hydrogen (secondary N) is 1. The number of anilines is 2. The molecule has 1 N–H and O–H groups in total. The number of benzene rings is 3. The predicted octanol–water partition coefficient (Wildman–Crippen LogP) is 4.55. The van der Waals surface area contributed by atoms with Crippen LogP contribution in [-0.2, 0) is 21.2 Å². The fraction of sp³-hybridized carbons (Fsp3) is 0.269. The lowest BCUT2D eigenvalue weighted by Gasteiger charge is -2.30. The number of aryl methyl sites for hydroxylation is 2. The number of carbonyl (C=O) groups excluding carboxylic acids is 1. The van der Waals surface area contributed by atoms with Crippen LogP contribution in [0.15, 0.2) is 71.6 Å². The molecule has 1 aliphatic heterocycles. The molecule has 0 aromatic heterocycles. The summed E-state index contributed by atoms with van der Waals surface area (Å²) >= 11 is 0. The lowest BCUT2D eigenvalue weighted by atomic mass is 10.0. The Labute approximate surface area is 200 Å². The Kier molecular flexibility index (Phi) is 7.07. The van der Waals surface area contributed by atoms with E-state index in [2.05, 4.69) is 5.32 Å². The largest absolute Gasteiger partial charge is 0.494 e. The Morgan fingerprint density at radius 2 is 1.79 bits per heavy atom. The smallest absolute Gasteiger partial charge is 0.264 e. The molecule has 0 fully saturated rings. The van der Waals surface area contributed by atoms with Gasteiger partial charge < -0.3 is 14.8 Å². The molecule has 0 spiro atoms. The minimum Gasteiger partial charge on any atom is -0.494 e. The van der Waals surface area contributed by atoms with Crippen molar-refractivity contribution in [1.29, 1.82) is 0 Å². The van der Waals surface area contributed by atoms with E-state index >= 15 is 0 Å². The van der Waals surface area contributed by atoms with Gasteiger partial charge in [-0.1, -0.05) is 18.2 Å². The number of amides is 1. The fourth-order valence-electron chi connectivity index (χ4n) is 3.96. The average Bonchev–Trinajstić information content (AvgIpc) is 2.84. The van der Waals surface area contributed by atoms with Crippen LogP contribution in [0.5, 0.6) is 11.5 Å². The molecule has 34 heavy (non-hydrogen) atoms. The molecule has 0 unspecified atom stereocenters. The number of hydrogen-bond acceptors (Lipinski definition) is 5. The first-order chi connectivity index (χ1) is 16.4. The Balaban J connectivity index is 1.42. The van der Waals surface area contributed by atoms with Crippen LogP contribution in [0.2, 0.25) is 0 Å². The molecule has 7 nitrogen and oxygen atoms in total. The van der Waals surface area contributed by atoms with Crippen LogP contribution in [0.3, 0.4) is 0 Å². The minimum absolute atomic E-state index is 0.195. The number of fused-ring (bicyclic) bond motifs is 1. The number of rotatable bonds is 8. The summed E-state index contributed by atoms with van der Waals surface area (Å²) in [4.78, 5) is 12.5. The lowest BCUT2D eigenvalue weighted by molar-refractivity contribution is -0.118.